The molecule has 1 spiro atoms. The molecule has 6 heteroatoms. The van der Waals surface area contributed by atoms with Crippen molar-refractivity contribution in [3.63, 3.8) is 0 Å². The van der Waals surface area contributed by atoms with Crippen LogP contribution in [-0.4, -0.2) is 57.0 Å². The van der Waals surface area contributed by atoms with Crippen LogP contribution < -0.4 is 5.32 Å². The fraction of sp³-hybridized carbons (Fsp3) is 0.944. The molecule has 2 heterocycles. The molecule has 2 aliphatic heterocycles. The number of hydrogen-bond donors (Lipinski definition) is 1. The lowest BCUT2D eigenvalue weighted by Gasteiger charge is -2.53. The number of nitrogens with one attached hydrogen (secondary N) is 1. The molecule has 1 saturated carbocycles. The van der Waals surface area contributed by atoms with Gasteiger partial charge in [-0.25, -0.2) is 8.42 Å². The van der Waals surface area contributed by atoms with Crippen LogP contribution in [0.5, 0.6) is 0 Å². The van der Waals surface area contributed by atoms with E-state index in [1.165, 1.54) is 25.7 Å². The van der Waals surface area contributed by atoms with Gasteiger partial charge in [-0.3, -0.25) is 4.99 Å². The van der Waals surface area contributed by atoms with Gasteiger partial charge in [0, 0.05) is 26.2 Å². The first kappa shape index (κ1) is 18.0. The minimum Gasteiger partial charge on any atom is -0.356 e. The maximum absolute atomic E-state index is 11.7. The third kappa shape index (κ3) is 3.89. The summed E-state index contributed by atoms with van der Waals surface area (Å²) in [4.78, 5) is 7.29. The Kier molecular flexibility index (Phi) is 5.42. The zero-order chi connectivity index (χ0) is 17.2. The summed E-state index contributed by atoms with van der Waals surface area (Å²) in [5, 5.41) is 3.51. The van der Waals surface area contributed by atoms with E-state index in [0.717, 1.165) is 44.4 Å². The van der Waals surface area contributed by atoms with E-state index in [1.807, 2.05) is 0 Å². The van der Waals surface area contributed by atoms with Gasteiger partial charge in [-0.15, -0.1) is 0 Å². The van der Waals surface area contributed by atoms with Gasteiger partial charge in [-0.2, -0.15) is 0 Å². The standard InChI is InChI=1S/C18H33N3O2S/c1-3-9-19-17(20-12-16-6-11-24(22,23)13-16)21-10-5-15(2)18(14-21)7-4-8-18/h15-16H,3-14H2,1-2H3,(H,19,20). The molecular formula is C18H33N3O2S. The molecule has 0 aromatic carbocycles. The van der Waals surface area contributed by atoms with Crippen LogP contribution in [0, 0.1) is 17.3 Å². The van der Waals surface area contributed by atoms with Gasteiger partial charge in [-0.1, -0.05) is 20.3 Å². The number of guanidine groups is 1. The second-order valence-corrected chi connectivity index (χ2v) is 10.4. The molecule has 3 fully saturated rings. The number of sulfone groups is 1. The van der Waals surface area contributed by atoms with Crippen LogP contribution in [0.3, 0.4) is 0 Å². The lowest BCUT2D eigenvalue weighted by Crippen LogP contribution is -2.56. The lowest BCUT2D eigenvalue weighted by atomic mass is 9.59. The summed E-state index contributed by atoms with van der Waals surface area (Å²) in [7, 11) is -2.81. The molecule has 0 aromatic heterocycles. The van der Waals surface area contributed by atoms with Crippen molar-refractivity contribution in [2.45, 2.75) is 52.4 Å². The van der Waals surface area contributed by atoms with Gasteiger partial charge >= 0.3 is 0 Å². The molecule has 1 aliphatic carbocycles. The van der Waals surface area contributed by atoms with Crippen molar-refractivity contribution >= 4 is 15.8 Å². The molecule has 2 unspecified atom stereocenters. The second kappa shape index (κ2) is 7.22. The Balaban J connectivity index is 1.65. The van der Waals surface area contributed by atoms with E-state index in [9.17, 15) is 8.42 Å². The largest absolute Gasteiger partial charge is 0.356 e. The monoisotopic (exact) mass is 355 g/mol. The smallest absolute Gasteiger partial charge is 0.193 e. The predicted molar refractivity (Wildman–Crippen MR) is 99.0 cm³/mol. The third-order valence-corrected chi connectivity index (χ3v) is 8.23. The van der Waals surface area contributed by atoms with Gasteiger partial charge in [0.1, 0.15) is 0 Å². The third-order valence-electron chi connectivity index (χ3n) is 6.39. The Bertz CT molecular complexity index is 569. The molecule has 2 atom stereocenters. The first-order chi connectivity index (χ1) is 11.4. The maximum atomic E-state index is 11.7. The van der Waals surface area contributed by atoms with Crippen molar-refractivity contribution in [3.05, 3.63) is 0 Å². The number of hydrogen-bond acceptors (Lipinski definition) is 3. The minimum absolute atomic E-state index is 0.204. The van der Waals surface area contributed by atoms with Gasteiger partial charge in [0.05, 0.1) is 11.5 Å². The van der Waals surface area contributed by atoms with Crippen LogP contribution in [0.4, 0.5) is 0 Å². The zero-order valence-electron chi connectivity index (χ0n) is 15.3. The first-order valence-electron chi connectivity index (χ1n) is 9.68. The fourth-order valence-corrected chi connectivity index (χ4v) is 6.32. The van der Waals surface area contributed by atoms with Crippen molar-refractivity contribution in [2.75, 3.05) is 37.7 Å². The van der Waals surface area contributed by atoms with Crippen LogP contribution in [0.15, 0.2) is 4.99 Å². The van der Waals surface area contributed by atoms with E-state index in [1.54, 1.807) is 0 Å². The molecule has 1 N–H and O–H groups in total. The number of rotatable bonds is 4. The van der Waals surface area contributed by atoms with Crippen molar-refractivity contribution < 1.29 is 8.42 Å². The molecule has 0 bridgehead atoms. The zero-order valence-corrected chi connectivity index (χ0v) is 16.1. The van der Waals surface area contributed by atoms with E-state index in [2.05, 4.69) is 24.1 Å². The first-order valence-corrected chi connectivity index (χ1v) is 11.5. The molecule has 138 valence electrons. The lowest BCUT2D eigenvalue weighted by molar-refractivity contribution is -0.00511. The summed E-state index contributed by atoms with van der Waals surface area (Å²) in [6, 6.07) is 0. The van der Waals surface area contributed by atoms with Crippen LogP contribution in [0.2, 0.25) is 0 Å². The van der Waals surface area contributed by atoms with Gasteiger partial charge in [0.25, 0.3) is 0 Å². The van der Waals surface area contributed by atoms with Gasteiger partial charge in [0.2, 0.25) is 0 Å². The Morgan fingerprint density at radius 3 is 2.71 bits per heavy atom. The van der Waals surface area contributed by atoms with Crippen molar-refractivity contribution in [3.8, 4) is 0 Å². The van der Waals surface area contributed by atoms with Crippen LogP contribution in [0.25, 0.3) is 0 Å². The molecule has 3 aliphatic rings. The highest BCUT2D eigenvalue weighted by atomic mass is 32.2. The van der Waals surface area contributed by atoms with E-state index in [4.69, 9.17) is 4.99 Å². The van der Waals surface area contributed by atoms with Gasteiger partial charge in [-0.05, 0) is 49.4 Å². The number of likely N-dealkylation sites (tertiary alicyclic amines) is 1. The van der Waals surface area contributed by atoms with E-state index in [0.29, 0.717) is 23.5 Å². The predicted octanol–water partition coefficient (Wildman–Crippen LogP) is 2.29. The second-order valence-electron chi connectivity index (χ2n) is 8.19. The molecule has 0 aromatic rings. The molecule has 0 radical (unpaired) electrons. The van der Waals surface area contributed by atoms with E-state index >= 15 is 0 Å². The Morgan fingerprint density at radius 1 is 1.33 bits per heavy atom. The normalized spacial score (nSPS) is 31.9. The highest BCUT2D eigenvalue weighted by molar-refractivity contribution is 7.91. The number of piperidine rings is 1. The van der Waals surface area contributed by atoms with Crippen molar-refractivity contribution in [2.24, 2.45) is 22.2 Å². The summed E-state index contributed by atoms with van der Waals surface area (Å²) < 4.78 is 23.3. The van der Waals surface area contributed by atoms with E-state index in [-0.39, 0.29) is 5.92 Å². The highest BCUT2D eigenvalue weighted by Crippen LogP contribution is 2.50. The van der Waals surface area contributed by atoms with Crippen LogP contribution in [0.1, 0.15) is 52.4 Å². The summed E-state index contributed by atoms with van der Waals surface area (Å²) in [5.74, 6) is 2.69. The molecule has 5 nitrogen and oxygen atoms in total. The number of aliphatic imine (C=N–C) groups is 1. The van der Waals surface area contributed by atoms with E-state index < -0.39 is 9.84 Å². The quantitative estimate of drug-likeness (QED) is 0.621. The molecule has 3 rings (SSSR count). The molecule has 2 saturated heterocycles. The van der Waals surface area contributed by atoms with Gasteiger partial charge < -0.3 is 10.2 Å². The van der Waals surface area contributed by atoms with Crippen molar-refractivity contribution in [1.29, 1.82) is 0 Å². The van der Waals surface area contributed by atoms with Crippen LogP contribution >= 0.6 is 0 Å². The molecule has 0 amide bonds. The molecular weight excluding hydrogens is 322 g/mol. The Labute approximate surface area is 147 Å². The topological polar surface area (TPSA) is 61.8 Å². The Hall–Kier alpha value is -0.780. The van der Waals surface area contributed by atoms with Crippen molar-refractivity contribution in [1.82, 2.24) is 10.2 Å². The number of nitrogens with zero attached hydrogens (tertiary/aromatic N) is 2. The molecule has 24 heavy (non-hydrogen) atoms. The highest BCUT2D eigenvalue weighted by Gasteiger charge is 2.46. The SMILES string of the molecule is CCCNC(=NCC1CCS(=O)(=O)C1)N1CCC(C)C2(CCC2)C1. The fourth-order valence-electron chi connectivity index (χ4n) is 4.47. The Morgan fingerprint density at radius 2 is 2.12 bits per heavy atom. The maximum Gasteiger partial charge on any atom is 0.193 e. The average molecular weight is 356 g/mol. The van der Waals surface area contributed by atoms with Crippen LogP contribution in [-0.2, 0) is 9.84 Å². The van der Waals surface area contributed by atoms with Gasteiger partial charge in [0.15, 0.2) is 15.8 Å². The summed E-state index contributed by atoms with van der Waals surface area (Å²) in [5.41, 5.74) is 0.504. The summed E-state index contributed by atoms with van der Waals surface area (Å²) in [6.07, 6.45) is 7.16. The minimum atomic E-state index is -2.81. The average Bonchev–Trinajstić information content (AvgIpc) is 2.86. The summed E-state index contributed by atoms with van der Waals surface area (Å²) in [6.45, 7) is 8.34. The summed E-state index contributed by atoms with van der Waals surface area (Å²) >= 11 is 0.